The number of carbonyl (C=O) groups is 2. The summed E-state index contributed by atoms with van der Waals surface area (Å²) < 4.78 is 31.0. The zero-order chi connectivity index (χ0) is 46.2. The summed E-state index contributed by atoms with van der Waals surface area (Å²) in [5.74, 6) is -2.50. The number of thiophene rings is 2. The monoisotopic (exact) mass is 1030 g/mol. The molecular formula is C50H40Cl4N2O6S4. The summed E-state index contributed by atoms with van der Waals surface area (Å²) in [6.07, 6.45) is 0. The maximum absolute atomic E-state index is 15.3. The molecule has 2 aromatic heterocycles. The van der Waals surface area contributed by atoms with E-state index in [1.807, 2.05) is 65.4 Å². The smallest absolute Gasteiger partial charge is 0.265 e. The van der Waals surface area contributed by atoms with E-state index >= 15 is 9.59 Å². The zero-order valence-corrected chi connectivity index (χ0v) is 41.2. The molecule has 0 N–H and O–H groups in total. The molecule has 0 spiro atoms. The third-order valence-corrected chi connectivity index (χ3v) is 16.6. The number of sulfone groups is 1. The average Bonchev–Trinajstić information content (AvgIpc) is 4.00. The van der Waals surface area contributed by atoms with E-state index in [0.717, 1.165) is 36.7 Å². The van der Waals surface area contributed by atoms with Gasteiger partial charge in [0.2, 0.25) is 0 Å². The third kappa shape index (κ3) is 12.2. The van der Waals surface area contributed by atoms with Gasteiger partial charge >= 0.3 is 11.8 Å². The Labute approximate surface area is 415 Å². The Kier molecular flexibility index (Phi) is 16.1. The van der Waals surface area contributed by atoms with Crippen LogP contribution in [-0.2, 0) is 53.8 Å². The van der Waals surface area contributed by atoms with Crippen molar-refractivity contribution in [2.75, 3.05) is 11.5 Å². The van der Waals surface area contributed by atoms with E-state index in [9.17, 15) is 8.42 Å². The highest BCUT2D eigenvalue weighted by Crippen LogP contribution is 2.36. The van der Waals surface area contributed by atoms with Crippen LogP contribution in [0.1, 0.15) is 45.5 Å². The van der Waals surface area contributed by atoms with Crippen molar-refractivity contribution in [3.05, 3.63) is 210 Å². The van der Waals surface area contributed by atoms with Crippen molar-refractivity contribution in [3.8, 4) is 0 Å². The fourth-order valence-corrected chi connectivity index (χ4v) is 12.2. The molecule has 16 heteroatoms. The largest absolute Gasteiger partial charge is 0.338 e. The number of hydrogen-bond acceptors (Lipinski definition) is 9. The third-order valence-electron chi connectivity index (χ3n) is 10.6. The van der Waals surface area contributed by atoms with Gasteiger partial charge in [-0.3, -0.25) is 19.3 Å². The molecule has 6 aromatic carbocycles. The van der Waals surface area contributed by atoms with Crippen LogP contribution in [0.25, 0.3) is 20.2 Å². The first kappa shape index (κ1) is 48.0. The van der Waals surface area contributed by atoms with Crippen LogP contribution in [0.2, 0.25) is 20.1 Å². The molecule has 0 fully saturated rings. The summed E-state index contributed by atoms with van der Waals surface area (Å²) in [5.41, 5.74) is 3.83. The van der Waals surface area contributed by atoms with Crippen LogP contribution in [-0.4, -0.2) is 41.9 Å². The summed E-state index contributed by atoms with van der Waals surface area (Å²) in [7, 11) is -4.06. The Balaban J connectivity index is 1.18. The van der Waals surface area contributed by atoms with E-state index in [1.54, 1.807) is 77.3 Å². The molecule has 8 aromatic rings. The van der Waals surface area contributed by atoms with Gasteiger partial charge in [-0.15, -0.1) is 22.7 Å². The normalized spacial score (nSPS) is 12.6. The van der Waals surface area contributed by atoms with Crippen molar-refractivity contribution in [2.24, 2.45) is 0 Å². The van der Waals surface area contributed by atoms with E-state index in [-0.39, 0.29) is 45.4 Å². The molecule has 2 heterocycles. The topological polar surface area (TPSA) is 93.2 Å². The Hall–Kier alpha value is -4.44. The van der Waals surface area contributed by atoms with Crippen molar-refractivity contribution in [1.29, 1.82) is 0 Å². The van der Waals surface area contributed by atoms with E-state index < -0.39 is 39.5 Å². The molecule has 2 atom stereocenters. The molecule has 66 heavy (non-hydrogen) atoms. The van der Waals surface area contributed by atoms with Crippen LogP contribution in [0.3, 0.4) is 0 Å². The summed E-state index contributed by atoms with van der Waals surface area (Å²) in [6, 6.07) is 41.2. The van der Waals surface area contributed by atoms with Gasteiger partial charge in [0.25, 0.3) is 0 Å². The lowest BCUT2D eigenvalue weighted by molar-refractivity contribution is -0.227. The summed E-state index contributed by atoms with van der Waals surface area (Å²) in [4.78, 5) is 43.4. The van der Waals surface area contributed by atoms with Crippen molar-refractivity contribution in [1.82, 2.24) is 10.1 Å². The molecule has 0 aliphatic carbocycles. The van der Waals surface area contributed by atoms with Crippen molar-refractivity contribution in [2.45, 2.75) is 36.8 Å². The second-order valence-corrected chi connectivity index (χ2v) is 22.0. The number of benzene rings is 6. The SMILES string of the molecule is O=C(C(=O)N(OCc1ccccc1)C(CS(=O)(=O)Cc1ccc2sccc2c1)c1ccc(Cl)c(Cl)c1)N(OCc1ccccc1)C(CSCc1ccc2sccc2c1)c1ccc(Cl)c(Cl)c1. The molecule has 0 aliphatic rings. The minimum absolute atomic E-state index is 0.0961. The van der Waals surface area contributed by atoms with Crippen molar-refractivity contribution < 1.29 is 27.7 Å². The lowest BCUT2D eigenvalue weighted by atomic mass is 10.1. The van der Waals surface area contributed by atoms with Gasteiger partial charge < -0.3 is 0 Å². The Morgan fingerprint density at radius 3 is 1.56 bits per heavy atom. The second kappa shape index (κ2) is 22.1. The van der Waals surface area contributed by atoms with Gasteiger partial charge in [0.1, 0.15) is 13.2 Å². The average molecular weight is 1030 g/mol. The van der Waals surface area contributed by atoms with Gasteiger partial charge in [0, 0.05) is 20.9 Å². The standard InChI is InChI=1S/C50H40Cl4N2O6S4/c51-41-15-13-37(25-43(41)53)45(30-63-29-35-11-17-47-39(23-35)19-21-64-47)55(61-27-33-7-3-1-4-8-33)49(57)50(58)56(62-28-34-9-5-2-6-10-34)46(38-14-16-42(52)44(54)26-38)32-66(59,60)31-36-12-18-48-40(24-36)20-22-65-48/h1-26,45-46H,27-32H2. The van der Waals surface area contributed by atoms with E-state index in [0.29, 0.717) is 27.5 Å². The van der Waals surface area contributed by atoms with Crippen LogP contribution in [0.15, 0.2) is 156 Å². The fraction of sp³-hybridized carbons (Fsp3) is 0.160. The molecule has 0 bridgehead atoms. The molecule has 8 rings (SSSR count). The summed E-state index contributed by atoms with van der Waals surface area (Å²) in [6.45, 7) is -0.293. The van der Waals surface area contributed by atoms with Gasteiger partial charge in [-0.1, -0.05) is 131 Å². The van der Waals surface area contributed by atoms with Crippen molar-refractivity contribution >= 4 is 123 Å². The minimum atomic E-state index is -4.06. The van der Waals surface area contributed by atoms with Crippen LogP contribution < -0.4 is 0 Å². The first-order valence-corrected chi connectivity index (χ1v) is 26.8. The Morgan fingerprint density at radius 2 is 1.03 bits per heavy atom. The van der Waals surface area contributed by atoms with E-state index in [1.165, 1.54) is 28.6 Å². The summed E-state index contributed by atoms with van der Waals surface area (Å²) >= 11 is 30.8. The number of nitrogens with zero attached hydrogens (tertiary/aromatic N) is 2. The van der Waals surface area contributed by atoms with Crippen molar-refractivity contribution in [3.63, 3.8) is 0 Å². The number of fused-ring (bicyclic) bond motifs is 2. The molecule has 2 amide bonds. The highest BCUT2D eigenvalue weighted by molar-refractivity contribution is 7.98. The second-order valence-electron chi connectivity index (χ2n) is 15.3. The van der Waals surface area contributed by atoms with Crippen LogP contribution in [0.5, 0.6) is 0 Å². The number of rotatable bonds is 18. The minimum Gasteiger partial charge on any atom is -0.265 e. The van der Waals surface area contributed by atoms with Gasteiger partial charge in [-0.25, -0.2) is 18.5 Å². The van der Waals surface area contributed by atoms with Crippen LogP contribution in [0.4, 0.5) is 0 Å². The van der Waals surface area contributed by atoms with Gasteiger partial charge in [-0.05, 0) is 116 Å². The number of thioether (sulfide) groups is 1. The first-order valence-electron chi connectivity index (χ1n) is 20.5. The molecule has 0 saturated heterocycles. The molecule has 2 unspecified atom stereocenters. The molecule has 0 aliphatic heterocycles. The quantitative estimate of drug-likeness (QED) is 0.0624. The molecular weight excluding hydrogens is 995 g/mol. The lowest BCUT2D eigenvalue weighted by Gasteiger charge is -2.35. The maximum atomic E-state index is 15.3. The van der Waals surface area contributed by atoms with Gasteiger partial charge in [0.05, 0.1) is 43.7 Å². The number of hydroxylamine groups is 4. The predicted molar refractivity (Wildman–Crippen MR) is 272 cm³/mol. The molecule has 8 nitrogen and oxygen atoms in total. The number of halogens is 4. The Bertz CT molecular complexity index is 3080. The van der Waals surface area contributed by atoms with E-state index in [2.05, 4.69) is 24.3 Å². The predicted octanol–water partition coefficient (Wildman–Crippen LogP) is 14.0. The zero-order valence-electron chi connectivity index (χ0n) is 34.9. The molecule has 0 radical (unpaired) electrons. The van der Waals surface area contributed by atoms with Gasteiger partial charge in [-0.2, -0.15) is 11.8 Å². The van der Waals surface area contributed by atoms with Crippen LogP contribution in [0, 0.1) is 0 Å². The Morgan fingerprint density at radius 1 is 0.545 bits per heavy atom. The first-order chi connectivity index (χ1) is 31.9. The molecule has 338 valence electrons. The van der Waals surface area contributed by atoms with E-state index in [4.69, 9.17) is 56.1 Å². The maximum Gasteiger partial charge on any atom is 0.338 e. The molecule has 0 saturated carbocycles. The highest BCUT2D eigenvalue weighted by Gasteiger charge is 2.40. The fourth-order valence-electron chi connectivity index (χ4n) is 7.30. The van der Waals surface area contributed by atoms with Gasteiger partial charge in [0.15, 0.2) is 9.84 Å². The number of carbonyl (C=O) groups excluding carboxylic acids is 2. The number of amides is 2. The highest BCUT2D eigenvalue weighted by atomic mass is 35.5. The summed E-state index contributed by atoms with van der Waals surface area (Å²) in [5, 5.41) is 8.78. The van der Waals surface area contributed by atoms with Crippen LogP contribution >= 0.6 is 80.8 Å². The number of hydrogen-bond donors (Lipinski definition) is 0. The lowest BCUT2D eigenvalue weighted by Crippen LogP contribution is -2.49.